The van der Waals surface area contributed by atoms with Crippen LogP contribution in [0.1, 0.15) is 53.4 Å². The average Bonchev–Trinajstić information content (AvgIpc) is 2.67. The SMILES string of the molecule is C=C(C)C(CC[C@@H]1C=CCC[C@H]1C(=O)C(C)[Se](=O)c1ccccc1)=C(C)C. The third-order valence-corrected chi connectivity index (χ3v) is 8.83. The summed E-state index contributed by atoms with van der Waals surface area (Å²) in [6, 6.07) is 9.47. The first kappa shape index (κ1) is 21.7. The molecule has 1 aromatic rings. The summed E-state index contributed by atoms with van der Waals surface area (Å²) < 4.78 is 13.8. The number of hydrogen-bond donors (Lipinski definition) is 0. The van der Waals surface area contributed by atoms with Crippen molar-refractivity contribution in [3.8, 4) is 0 Å². The van der Waals surface area contributed by atoms with Crippen molar-refractivity contribution in [2.75, 3.05) is 0 Å². The first-order valence-electron chi connectivity index (χ1n) is 9.81. The molecule has 0 saturated carbocycles. The molecular formula is C24H32O2Se. The minimum absolute atomic E-state index is 0.0163. The molecule has 1 aliphatic carbocycles. The Kier molecular flexibility index (Phi) is 8.13. The Labute approximate surface area is 168 Å². The first-order valence-corrected chi connectivity index (χ1v) is 12.4. The molecular weight excluding hydrogens is 399 g/mol. The molecule has 3 heteroatoms. The van der Waals surface area contributed by atoms with Gasteiger partial charge >= 0.3 is 169 Å². The van der Waals surface area contributed by atoms with Gasteiger partial charge in [-0.05, 0) is 0 Å². The van der Waals surface area contributed by atoms with Crippen LogP contribution in [0.15, 0.2) is 65.8 Å². The zero-order valence-electron chi connectivity index (χ0n) is 17.0. The molecule has 0 saturated heterocycles. The van der Waals surface area contributed by atoms with E-state index in [0.717, 1.165) is 35.7 Å². The van der Waals surface area contributed by atoms with Crippen LogP contribution >= 0.6 is 0 Å². The van der Waals surface area contributed by atoms with Gasteiger partial charge in [0.15, 0.2) is 0 Å². The molecule has 27 heavy (non-hydrogen) atoms. The second-order valence-electron chi connectivity index (χ2n) is 7.73. The van der Waals surface area contributed by atoms with Gasteiger partial charge in [0.05, 0.1) is 0 Å². The van der Waals surface area contributed by atoms with Crippen molar-refractivity contribution >= 4 is 24.1 Å². The van der Waals surface area contributed by atoms with Crippen LogP contribution in [-0.2, 0) is 8.63 Å². The van der Waals surface area contributed by atoms with Crippen molar-refractivity contribution in [2.45, 2.75) is 58.2 Å². The van der Waals surface area contributed by atoms with Crippen molar-refractivity contribution in [3.05, 3.63) is 65.8 Å². The second kappa shape index (κ2) is 10.1. The summed E-state index contributed by atoms with van der Waals surface area (Å²) in [5, 5.41) is 0. The number of Topliss-reactive ketones (excluding diaryl/α,β-unsaturated/α-hetero) is 1. The zero-order valence-corrected chi connectivity index (χ0v) is 18.7. The molecule has 4 atom stereocenters. The molecule has 0 fully saturated rings. The van der Waals surface area contributed by atoms with Gasteiger partial charge in [-0.15, -0.1) is 0 Å². The molecule has 0 heterocycles. The van der Waals surface area contributed by atoms with Gasteiger partial charge in [-0.2, -0.15) is 0 Å². The predicted molar refractivity (Wildman–Crippen MR) is 115 cm³/mol. The zero-order chi connectivity index (χ0) is 20.0. The second-order valence-corrected chi connectivity index (χ2v) is 11.4. The molecule has 0 aliphatic heterocycles. The van der Waals surface area contributed by atoms with E-state index in [1.165, 1.54) is 11.1 Å². The molecule has 0 aromatic heterocycles. The standard InChI is InChI=1S/C24H32O2Se/c1-17(2)22(18(3)4)16-15-20-11-9-10-14-23(20)24(25)19(5)27(26)21-12-7-6-8-13-21/h6-9,11-13,19-20,23H,1,10,14-16H2,2-5H3/t19?,20-,23+,27?/m0/s1. The Balaban J connectivity index is 2.11. The van der Waals surface area contributed by atoms with E-state index in [1.807, 2.05) is 37.3 Å². The van der Waals surface area contributed by atoms with Gasteiger partial charge in [0.1, 0.15) is 0 Å². The summed E-state index contributed by atoms with van der Waals surface area (Å²) in [7, 11) is 0. The van der Waals surface area contributed by atoms with Crippen LogP contribution in [0.3, 0.4) is 0 Å². The Morgan fingerprint density at radius 3 is 2.48 bits per heavy atom. The van der Waals surface area contributed by atoms with E-state index < -0.39 is 13.8 Å². The Morgan fingerprint density at radius 2 is 1.89 bits per heavy atom. The van der Waals surface area contributed by atoms with Crippen molar-refractivity contribution in [2.24, 2.45) is 11.8 Å². The molecule has 0 amide bonds. The number of hydrogen-bond acceptors (Lipinski definition) is 2. The van der Waals surface area contributed by atoms with Crippen molar-refractivity contribution in [1.29, 1.82) is 0 Å². The normalized spacial score (nSPS) is 21.3. The number of rotatable bonds is 8. The van der Waals surface area contributed by atoms with E-state index in [9.17, 15) is 8.63 Å². The minimum atomic E-state index is -2.38. The van der Waals surface area contributed by atoms with Gasteiger partial charge in [-0.3, -0.25) is 0 Å². The van der Waals surface area contributed by atoms with Gasteiger partial charge in [-0.25, -0.2) is 0 Å². The topological polar surface area (TPSA) is 34.1 Å². The van der Waals surface area contributed by atoms with Gasteiger partial charge < -0.3 is 0 Å². The van der Waals surface area contributed by atoms with E-state index in [2.05, 4.69) is 39.5 Å². The number of benzene rings is 1. The van der Waals surface area contributed by atoms with Crippen LogP contribution in [0.4, 0.5) is 0 Å². The summed E-state index contributed by atoms with van der Waals surface area (Å²) >= 11 is -2.38. The number of allylic oxidation sites excluding steroid dienone is 5. The third-order valence-electron chi connectivity index (χ3n) is 5.45. The third kappa shape index (κ3) is 5.70. The molecule has 0 bridgehead atoms. The molecule has 2 rings (SSSR count). The van der Waals surface area contributed by atoms with Crippen LogP contribution in [0.2, 0.25) is 4.82 Å². The maximum atomic E-state index is 13.2. The fourth-order valence-corrected chi connectivity index (χ4v) is 6.47. The quantitative estimate of drug-likeness (QED) is 0.307. The monoisotopic (exact) mass is 432 g/mol. The molecule has 146 valence electrons. The van der Waals surface area contributed by atoms with E-state index in [-0.39, 0.29) is 22.4 Å². The molecule has 1 aliphatic rings. The van der Waals surface area contributed by atoms with E-state index in [4.69, 9.17) is 0 Å². The van der Waals surface area contributed by atoms with E-state index in [1.54, 1.807) is 0 Å². The van der Waals surface area contributed by atoms with Crippen LogP contribution < -0.4 is 4.46 Å². The Morgan fingerprint density at radius 1 is 1.22 bits per heavy atom. The van der Waals surface area contributed by atoms with Crippen molar-refractivity contribution in [1.82, 2.24) is 0 Å². The van der Waals surface area contributed by atoms with E-state index >= 15 is 0 Å². The molecule has 2 unspecified atom stereocenters. The van der Waals surface area contributed by atoms with Gasteiger partial charge in [-0.1, -0.05) is 0 Å². The fraction of sp³-hybridized carbons (Fsp3) is 0.458. The van der Waals surface area contributed by atoms with Gasteiger partial charge in [0.2, 0.25) is 0 Å². The Hall–Kier alpha value is -1.57. The summed E-state index contributed by atoms with van der Waals surface area (Å²) in [6.45, 7) is 12.3. The van der Waals surface area contributed by atoms with Gasteiger partial charge in [0, 0.05) is 0 Å². The molecule has 1 aromatic carbocycles. The summed E-state index contributed by atoms with van der Waals surface area (Å²) in [6.07, 6.45) is 8.11. The summed E-state index contributed by atoms with van der Waals surface area (Å²) in [5.74, 6) is 0.400. The molecule has 0 radical (unpaired) electrons. The van der Waals surface area contributed by atoms with Crippen LogP contribution in [-0.4, -0.2) is 19.6 Å². The predicted octanol–water partition coefficient (Wildman–Crippen LogP) is 5.55. The van der Waals surface area contributed by atoms with Crippen LogP contribution in [0.5, 0.6) is 0 Å². The van der Waals surface area contributed by atoms with Gasteiger partial charge in [0.25, 0.3) is 0 Å². The van der Waals surface area contributed by atoms with E-state index in [0.29, 0.717) is 0 Å². The first-order chi connectivity index (χ1) is 12.8. The average molecular weight is 431 g/mol. The number of ketones is 1. The summed E-state index contributed by atoms with van der Waals surface area (Å²) in [5.41, 5.74) is 3.72. The molecule has 0 spiro atoms. The number of carbonyl (C=O) groups excluding carboxylic acids is 1. The number of carbonyl (C=O) groups is 1. The maximum absolute atomic E-state index is 13.2. The Bertz CT molecular complexity index is 754. The summed E-state index contributed by atoms with van der Waals surface area (Å²) in [4.78, 5) is 12.8. The van der Waals surface area contributed by atoms with Crippen LogP contribution in [0.25, 0.3) is 0 Å². The molecule has 2 nitrogen and oxygen atoms in total. The molecule has 0 N–H and O–H groups in total. The van der Waals surface area contributed by atoms with Crippen molar-refractivity contribution < 1.29 is 8.63 Å². The van der Waals surface area contributed by atoms with Crippen molar-refractivity contribution in [3.63, 3.8) is 0 Å². The van der Waals surface area contributed by atoms with Crippen LogP contribution in [0, 0.1) is 11.8 Å². The fourth-order valence-electron chi connectivity index (χ4n) is 3.91.